The molecule has 1 fully saturated rings. The summed E-state index contributed by atoms with van der Waals surface area (Å²) in [6.07, 6.45) is 6.72. The standard InChI is InChI=1S/C17H25N3/c1-20(12-15-8-4-2-5-9-15)14-17(19,13-18)16-10-6-3-7-11-16/h3,6-7,10-11,15H,2,4-5,8-9,12,14,19H2,1H3. The molecule has 2 N–H and O–H groups in total. The first-order chi connectivity index (χ1) is 9.64. The molecule has 0 saturated heterocycles. The minimum absolute atomic E-state index is 0.587. The maximum atomic E-state index is 9.49. The van der Waals surface area contributed by atoms with Crippen molar-refractivity contribution >= 4 is 0 Å². The van der Waals surface area contributed by atoms with E-state index in [0.717, 1.165) is 18.0 Å². The topological polar surface area (TPSA) is 53.0 Å². The lowest BCUT2D eigenvalue weighted by atomic mass is 9.88. The lowest BCUT2D eigenvalue weighted by Crippen LogP contribution is -2.46. The molecule has 1 aromatic rings. The average molecular weight is 271 g/mol. The molecule has 1 aromatic carbocycles. The Balaban J connectivity index is 1.97. The van der Waals surface area contributed by atoms with Gasteiger partial charge in [-0.1, -0.05) is 49.6 Å². The Bertz CT molecular complexity index is 445. The second-order valence-electron chi connectivity index (χ2n) is 6.15. The van der Waals surface area contributed by atoms with Crippen LogP contribution < -0.4 is 5.73 Å². The first kappa shape index (κ1) is 15.0. The van der Waals surface area contributed by atoms with E-state index in [1.807, 2.05) is 30.3 Å². The van der Waals surface area contributed by atoms with Crippen LogP contribution in [0.3, 0.4) is 0 Å². The molecule has 0 heterocycles. The number of rotatable bonds is 5. The van der Waals surface area contributed by atoms with E-state index in [2.05, 4.69) is 18.0 Å². The van der Waals surface area contributed by atoms with Crippen molar-refractivity contribution in [3.8, 4) is 6.07 Å². The Hall–Kier alpha value is -1.37. The van der Waals surface area contributed by atoms with Gasteiger partial charge in [0.15, 0.2) is 0 Å². The minimum atomic E-state index is -0.912. The van der Waals surface area contributed by atoms with Gasteiger partial charge < -0.3 is 10.6 Å². The van der Waals surface area contributed by atoms with Gasteiger partial charge in [0.2, 0.25) is 0 Å². The van der Waals surface area contributed by atoms with Crippen LogP contribution in [0.5, 0.6) is 0 Å². The molecule has 3 nitrogen and oxygen atoms in total. The van der Waals surface area contributed by atoms with Crippen molar-refractivity contribution in [3.63, 3.8) is 0 Å². The number of nitriles is 1. The lowest BCUT2D eigenvalue weighted by Gasteiger charge is -2.32. The molecule has 1 aliphatic carbocycles. The van der Waals surface area contributed by atoms with Gasteiger partial charge in [-0.05, 0) is 31.4 Å². The summed E-state index contributed by atoms with van der Waals surface area (Å²) >= 11 is 0. The number of benzene rings is 1. The predicted octanol–water partition coefficient (Wildman–Crippen LogP) is 2.88. The smallest absolute Gasteiger partial charge is 0.142 e. The molecular weight excluding hydrogens is 246 g/mol. The third-order valence-corrected chi connectivity index (χ3v) is 4.30. The first-order valence-corrected chi connectivity index (χ1v) is 7.58. The van der Waals surface area contributed by atoms with Crippen LogP contribution in [0.1, 0.15) is 37.7 Å². The van der Waals surface area contributed by atoms with E-state index in [1.165, 1.54) is 32.1 Å². The highest BCUT2D eigenvalue weighted by molar-refractivity contribution is 5.31. The van der Waals surface area contributed by atoms with Gasteiger partial charge in [-0.3, -0.25) is 0 Å². The summed E-state index contributed by atoms with van der Waals surface area (Å²) in [5.41, 5.74) is 6.31. The zero-order valence-corrected chi connectivity index (χ0v) is 12.4. The van der Waals surface area contributed by atoms with E-state index < -0.39 is 5.54 Å². The molecular formula is C17H25N3. The molecule has 1 atom stereocenters. The largest absolute Gasteiger partial charge is 0.309 e. The van der Waals surface area contributed by atoms with Gasteiger partial charge in [0.25, 0.3) is 0 Å². The maximum Gasteiger partial charge on any atom is 0.142 e. The highest BCUT2D eigenvalue weighted by Crippen LogP contribution is 2.25. The molecule has 20 heavy (non-hydrogen) atoms. The molecule has 0 bridgehead atoms. The van der Waals surface area contributed by atoms with E-state index in [-0.39, 0.29) is 0 Å². The van der Waals surface area contributed by atoms with Crippen LogP contribution in [0.4, 0.5) is 0 Å². The Kier molecular flexibility index (Phi) is 5.17. The molecule has 108 valence electrons. The summed E-state index contributed by atoms with van der Waals surface area (Å²) in [5, 5.41) is 9.49. The molecule has 0 amide bonds. The fourth-order valence-electron chi connectivity index (χ4n) is 3.23. The number of hydrogen-bond acceptors (Lipinski definition) is 3. The fraction of sp³-hybridized carbons (Fsp3) is 0.588. The summed E-state index contributed by atoms with van der Waals surface area (Å²) < 4.78 is 0. The Morgan fingerprint density at radius 1 is 1.25 bits per heavy atom. The molecule has 0 radical (unpaired) electrons. The van der Waals surface area contributed by atoms with Crippen molar-refractivity contribution in [2.75, 3.05) is 20.1 Å². The molecule has 0 spiro atoms. The summed E-state index contributed by atoms with van der Waals surface area (Å²) in [5.74, 6) is 0.771. The Morgan fingerprint density at radius 3 is 2.50 bits per heavy atom. The zero-order chi connectivity index (χ0) is 14.4. The van der Waals surface area contributed by atoms with Gasteiger partial charge in [-0.2, -0.15) is 5.26 Å². The second kappa shape index (κ2) is 6.88. The monoisotopic (exact) mass is 271 g/mol. The predicted molar refractivity (Wildman–Crippen MR) is 82.0 cm³/mol. The van der Waals surface area contributed by atoms with E-state index in [4.69, 9.17) is 5.73 Å². The highest BCUT2D eigenvalue weighted by Gasteiger charge is 2.29. The Labute approximate surface area is 122 Å². The van der Waals surface area contributed by atoms with E-state index >= 15 is 0 Å². The summed E-state index contributed by atoms with van der Waals surface area (Å²) in [6.45, 7) is 1.64. The number of hydrogen-bond donors (Lipinski definition) is 1. The SMILES string of the molecule is CN(CC1CCCCC1)CC(N)(C#N)c1ccccc1. The third kappa shape index (κ3) is 3.82. The third-order valence-electron chi connectivity index (χ3n) is 4.30. The van der Waals surface area contributed by atoms with Crippen LogP contribution in [-0.4, -0.2) is 25.0 Å². The van der Waals surface area contributed by atoms with Crippen molar-refractivity contribution < 1.29 is 0 Å². The van der Waals surface area contributed by atoms with Crippen molar-refractivity contribution in [1.82, 2.24) is 4.90 Å². The zero-order valence-electron chi connectivity index (χ0n) is 12.4. The second-order valence-corrected chi connectivity index (χ2v) is 6.15. The number of nitrogens with two attached hydrogens (primary N) is 1. The van der Waals surface area contributed by atoms with Crippen molar-refractivity contribution in [2.24, 2.45) is 11.7 Å². The molecule has 1 unspecified atom stereocenters. The molecule has 0 aliphatic heterocycles. The van der Waals surface area contributed by atoms with Crippen LogP contribution in [0.15, 0.2) is 30.3 Å². The summed E-state index contributed by atoms with van der Waals surface area (Å²) in [4.78, 5) is 2.23. The number of nitrogens with zero attached hydrogens (tertiary/aromatic N) is 2. The van der Waals surface area contributed by atoms with Crippen LogP contribution in [-0.2, 0) is 5.54 Å². The van der Waals surface area contributed by atoms with E-state index in [1.54, 1.807) is 0 Å². The number of likely N-dealkylation sites (N-methyl/N-ethyl adjacent to an activating group) is 1. The van der Waals surface area contributed by atoms with Gasteiger partial charge in [0, 0.05) is 13.1 Å². The molecule has 0 aromatic heterocycles. The lowest BCUT2D eigenvalue weighted by molar-refractivity contribution is 0.210. The molecule has 1 saturated carbocycles. The van der Waals surface area contributed by atoms with E-state index in [9.17, 15) is 5.26 Å². The summed E-state index contributed by atoms with van der Waals surface area (Å²) in [6, 6.07) is 12.0. The van der Waals surface area contributed by atoms with Crippen LogP contribution in [0, 0.1) is 17.2 Å². The van der Waals surface area contributed by atoms with Gasteiger partial charge in [-0.15, -0.1) is 0 Å². The van der Waals surface area contributed by atoms with E-state index in [0.29, 0.717) is 6.54 Å². The van der Waals surface area contributed by atoms with Gasteiger partial charge >= 0.3 is 0 Å². The Morgan fingerprint density at radius 2 is 1.90 bits per heavy atom. The molecule has 3 heteroatoms. The van der Waals surface area contributed by atoms with Gasteiger partial charge in [0.05, 0.1) is 6.07 Å². The molecule has 1 aliphatic rings. The highest BCUT2D eigenvalue weighted by atomic mass is 15.1. The van der Waals surface area contributed by atoms with Gasteiger partial charge in [0.1, 0.15) is 5.54 Å². The van der Waals surface area contributed by atoms with Crippen molar-refractivity contribution in [2.45, 2.75) is 37.6 Å². The van der Waals surface area contributed by atoms with Crippen molar-refractivity contribution in [3.05, 3.63) is 35.9 Å². The van der Waals surface area contributed by atoms with Crippen LogP contribution >= 0.6 is 0 Å². The average Bonchev–Trinajstić information content (AvgIpc) is 2.49. The van der Waals surface area contributed by atoms with Crippen LogP contribution in [0.25, 0.3) is 0 Å². The fourth-order valence-corrected chi connectivity index (χ4v) is 3.23. The molecule has 2 rings (SSSR count). The van der Waals surface area contributed by atoms with Crippen LogP contribution in [0.2, 0.25) is 0 Å². The normalized spacial score (nSPS) is 19.5. The minimum Gasteiger partial charge on any atom is -0.309 e. The quantitative estimate of drug-likeness (QED) is 0.896. The maximum absolute atomic E-state index is 9.49. The first-order valence-electron chi connectivity index (χ1n) is 7.58. The summed E-state index contributed by atoms with van der Waals surface area (Å²) in [7, 11) is 2.08. The van der Waals surface area contributed by atoms with Gasteiger partial charge in [-0.25, -0.2) is 0 Å². The van der Waals surface area contributed by atoms with Crippen molar-refractivity contribution in [1.29, 1.82) is 5.26 Å².